The highest BCUT2D eigenvalue weighted by atomic mass is 32.2. The van der Waals surface area contributed by atoms with Gasteiger partial charge in [0.1, 0.15) is 5.75 Å². The summed E-state index contributed by atoms with van der Waals surface area (Å²) in [5, 5.41) is 2.75. The Bertz CT molecular complexity index is 963. The molecule has 0 atom stereocenters. The number of amides is 1. The Morgan fingerprint density at radius 2 is 1.76 bits per heavy atom. The van der Waals surface area contributed by atoms with Crippen LogP contribution in [-0.2, 0) is 14.8 Å². The molecule has 0 unspecified atom stereocenters. The van der Waals surface area contributed by atoms with E-state index in [0.29, 0.717) is 30.4 Å². The molecular weight excluding hydrogens is 388 g/mol. The lowest BCUT2D eigenvalue weighted by Gasteiger charge is -2.16. The van der Waals surface area contributed by atoms with Gasteiger partial charge >= 0.3 is 0 Å². The maximum absolute atomic E-state index is 12.6. The molecule has 2 aromatic rings. The molecule has 1 aliphatic heterocycles. The molecule has 1 fully saturated rings. The molecule has 1 amide bonds. The van der Waals surface area contributed by atoms with Crippen molar-refractivity contribution in [3.63, 3.8) is 0 Å². The van der Waals surface area contributed by atoms with Crippen molar-refractivity contribution in [2.45, 2.75) is 44.4 Å². The van der Waals surface area contributed by atoms with Gasteiger partial charge in [-0.05, 0) is 67.1 Å². The molecule has 6 nitrogen and oxygen atoms in total. The fourth-order valence-electron chi connectivity index (χ4n) is 3.37. The molecule has 0 radical (unpaired) electrons. The van der Waals surface area contributed by atoms with E-state index in [2.05, 4.69) is 19.2 Å². The highest BCUT2D eigenvalue weighted by Crippen LogP contribution is 2.27. The van der Waals surface area contributed by atoms with E-state index in [1.54, 1.807) is 12.1 Å². The first-order chi connectivity index (χ1) is 13.8. The second kappa shape index (κ2) is 8.97. The number of benzene rings is 2. The van der Waals surface area contributed by atoms with Crippen molar-refractivity contribution in [3.05, 3.63) is 53.6 Å². The molecule has 7 heteroatoms. The molecule has 156 valence electrons. The highest BCUT2D eigenvalue weighted by molar-refractivity contribution is 7.89. The molecular formula is C22H28N2O4S. The Balaban J connectivity index is 1.61. The van der Waals surface area contributed by atoms with Gasteiger partial charge in [-0.3, -0.25) is 4.79 Å². The van der Waals surface area contributed by atoms with E-state index in [0.717, 1.165) is 24.0 Å². The summed E-state index contributed by atoms with van der Waals surface area (Å²) in [4.78, 5) is 12.5. The molecule has 2 aromatic carbocycles. The van der Waals surface area contributed by atoms with Crippen LogP contribution in [0.1, 0.15) is 43.7 Å². The Morgan fingerprint density at radius 1 is 1.10 bits per heavy atom. The average molecular weight is 417 g/mol. The van der Waals surface area contributed by atoms with Gasteiger partial charge in [0, 0.05) is 18.8 Å². The van der Waals surface area contributed by atoms with Gasteiger partial charge in [0.05, 0.1) is 4.90 Å². The lowest BCUT2D eigenvalue weighted by atomic mass is 10.0. The standard InChI is InChI=1S/C22H28N2O4S/c1-16(2)20-11-6-17(3)14-21(20)28-15-22(25)23-18-7-9-19(10-8-18)29(26,27)24-12-4-5-13-24/h6-11,14,16H,4-5,12-13,15H2,1-3H3,(H,23,25). The van der Waals surface area contributed by atoms with Crippen molar-refractivity contribution in [3.8, 4) is 5.75 Å². The molecule has 3 rings (SSSR count). The number of hydrogen-bond acceptors (Lipinski definition) is 4. The summed E-state index contributed by atoms with van der Waals surface area (Å²) < 4.78 is 32.4. The van der Waals surface area contributed by atoms with Gasteiger partial charge in [-0.2, -0.15) is 4.31 Å². The number of sulfonamides is 1. The SMILES string of the molecule is Cc1ccc(C(C)C)c(OCC(=O)Nc2ccc(S(=O)(=O)N3CCCC3)cc2)c1. The van der Waals surface area contributed by atoms with Gasteiger partial charge in [-0.1, -0.05) is 26.0 Å². The largest absolute Gasteiger partial charge is 0.483 e. The number of aryl methyl sites for hydroxylation is 1. The molecule has 1 heterocycles. The van der Waals surface area contributed by atoms with Crippen LogP contribution in [0.2, 0.25) is 0 Å². The first kappa shape index (κ1) is 21.3. The molecule has 0 aliphatic carbocycles. The number of nitrogens with zero attached hydrogens (tertiary/aromatic N) is 1. The van der Waals surface area contributed by atoms with Gasteiger partial charge < -0.3 is 10.1 Å². The van der Waals surface area contributed by atoms with Gasteiger partial charge in [0.15, 0.2) is 6.61 Å². The van der Waals surface area contributed by atoms with Gasteiger partial charge in [-0.25, -0.2) is 8.42 Å². The molecule has 0 saturated carbocycles. The van der Waals surface area contributed by atoms with Crippen molar-refractivity contribution in [2.24, 2.45) is 0 Å². The predicted molar refractivity (Wildman–Crippen MR) is 114 cm³/mol. The first-order valence-electron chi connectivity index (χ1n) is 9.91. The minimum absolute atomic E-state index is 0.114. The van der Waals surface area contributed by atoms with Crippen LogP contribution in [0.25, 0.3) is 0 Å². The molecule has 1 aliphatic rings. The van der Waals surface area contributed by atoms with Crippen molar-refractivity contribution < 1.29 is 17.9 Å². The van der Waals surface area contributed by atoms with Gasteiger partial charge in [0.2, 0.25) is 10.0 Å². The summed E-state index contributed by atoms with van der Waals surface area (Å²) in [6, 6.07) is 12.2. The number of carbonyl (C=O) groups excluding carboxylic acids is 1. The van der Waals surface area contributed by atoms with Crippen LogP contribution in [0.3, 0.4) is 0 Å². The molecule has 1 N–H and O–H groups in total. The summed E-state index contributed by atoms with van der Waals surface area (Å²) >= 11 is 0. The van der Waals surface area contributed by atoms with E-state index in [1.807, 2.05) is 25.1 Å². The molecule has 29 heavy (non-hydrogen) atoms. The Kier molecular flexibility index (Phi) is 6.59. The Hall–Kier alpha value is -2.38. The van der Waals surface area contributed by atoms with Crippen LogP contribution in [0.4, 0.5) is 5.69 Å². The monoisotopic (exact) mass is 416 g/mol. The van der Waals surface area contributed by atoms with Crippen LogP contribution in [0, 0.1) is 6.92 Å². The van der Waals surface area contributed by atoms with Crippen molar-refractivity contribution in [1.29, 1.82) is 0 Å². The van der Waals surface area contributed by atoms with Crippen molar-refractivity contribution in [2.75, 3.05) is 25.0 Å². The minimum Gasteiger partial charge on any atom is -0.483 e. The number of rotatable bonds is 7. The van der Waals surface area contributed by atoms with E-state index < -0.39 is 10.0 Å². The Morgan fingerprint density at radius 3 is 2.38 bits per heavy atom. The number of ether oxygens (including phenoxy) is 1. The lowest BCUT2D eigenvalue weighted by molar-refractivity contribution is -0.118. The number of anilines is 1. The smallest absolute Gasteiger partial charge is 0.262 e. The van der Waals surface area contributed by atoms with Gasteiger partial charge in [-0.15, -0.1) is 0 Å². The zero-order valence-corrected chi connectivity index (χ0v) is 18.0. The van der Waals surface area contributed by atoms with E-state index in [1.165, 1.54) is 16.4 Å². The quantitative estimate of drug-likeness (QED) is 0.742. The van der Waals surface area contributed by atoms with Crippen LogP contribution in [-0.4, -0.2) is 38.3 Å². The number of hydrogen-bond donors (Lipinski definition) is 1. The maximum Gasteiger partial charge on any atom is 0.262 e. The number of nitrogens with one attached hydrogen (secondary N) is 1. The lowest BCUT2D eigenvalue weighted by Crippen LogP contribution is -2.27. The third-order valence-corrected chi connectivity index (χ3v) is 6.90. The van der Waals surface area contributed by atoms with E-state index >= 15 is 0 Å². The van der Waals surface area contributed by atoms with Crippen LogP contribution < -0.4 is 10.1 Å². The van der Waals surface area contributed by atoms with Crippen LogP contribution >= 0.6 is 0 Å². The fourth-order valence-corrected chi connectivity index (χ4v) is 4.89. The Labute approximate surface area is 172 Å². The molecule has 0 aromatic heterocycles. The highest BCUT2D eigenvalue weighted by Gasteiger charge is 2.26. The van der Waals surface area contributed by atoms with Gasteiger partial charge in [0.25, 0.3) is 5.91 Å². The summed E-state index contributed by atoms with van der Waals surface area (Å²) in [6.07, 6.45) is 1.79. The normalized spacial score (nSPS) is 14.9. The zero-order valence-electron chi connectivity index (χ0n) is 17.1. The number of carbonyl (C=O) groups is 1. The van der Waals surface area contributed by atoms with Crippen LogP contribution in [0.5, 0.6) is 5.75 Å². The van der Waals surface area contributed by atoms with E-state index in [-0.39, 0.29) is 17.4 Å². The zero-order chi connectivity index (χ0) is 21.0. The summed E-state index contributed by atoms with van der Waals surface area (Å²) in [5.41, 5.74) is 2.66. The second-order valence-corrected chi connectivity index (χ2v) is 9.61. The van der Waals surface area contributed by atoms with E-state index in [4.69, 9.17) is 4.74 Å². The topological polar surface area (TPSA) is 75.7 Å². The summed E-state index contributed by atoms with van der Waals surface area (Å²) in [6.45, 7) is 7.15. The second-order valence-electron chi connectivity index (χ2n) is 7.67. The summed E-state index contributed by atoms with van der Waals surface area (Å²) in [7, 11) is -3.45. The third kappa shape index (κ3) is 5.16. The minimum atomic E-state index is -3.45. The first-order valence-corrected chi connectivity index (χ1v) is 11.3. The predicted octanol–water partition coefficient (Wildman–Crippen LogP) is 3.92. The molecule has 0 spiro atoms. The van der Waals surface area contributed by atoms with Crippen molar-refractivity contribution in [1.82, 2.24) is 4.31 Å². The van der Waals surface area contributed by atoms with E-state index in [9.17, 15) is 13.2 Å². The third-order valence-electron chi connectivity index (χ3n) is 4.99. The van der Waals surface area contributed by atoms with Crippen LogP contribution in [0.15, 0.2) is 47.4 Å². The average Bonchev–Trinajstić information content (AvgIpc) is 3.22. The fraction of sp³-hybridized carbons (Fsp3) is 0.409. The molecule has 1 saturated heterocycles. The molecule has 0 bridgehead atoms. The van der Waals surface area contributed by atoms with Crippen molar-refractivity contribution >= 4 is 21.6 Å². The summed E-state index contributed by atoms with van der Waals surface area (Å²) in [5.74, 6) is 0.706. The maximum atomic E-state index is 12.6.